The largest absolute Gasteiger partial charge is 0.354 e. The fourth-order valence-electron chi connectivity index (χ4n) is 3.37. The zero-order chi connectivity index (χ0) is 20.3. The van der Waals surface area contributed by atoms with Crippen LogP contribution in [0.3, 0.4) is 0 Å². The van der Waals surface area contributed by atoms with E-state index in [4.69, 9.17) is 10.1 Å². The van der Waals surface area contributed by atoms with Gasteiger partial charge in [-0.1, -0.05) is 6.07 Å². The van der Waals surface area contributed by atoms with Crippen LogP contribution in [0.5, 0.6) is 0 Å². The molecule has 0 bridgehead atoms. The van der Waals surface area contributed by atoms with Gasteiger partial charge in [-0.2, -0.15) is 5.10 Å². The summed E-state index contributed by atoms with van der Waals surface area (Å²) in [6.45, 7) is 0.672. The van der Waals surface area contributed by atoms with Crippen LogP contribution in [0.4, 0.5) is 10.3 Å². The Labute approximate surface area is 171 Å². The van der Waals surface area contributed by atoms with E-state index < -0.39 is 0 Å². The molecule has 1 aromatic carbocycles. The molecule has 0 fully saturated rings. The van der Waals surface area contributed by atoms with E-state index in [0.29, 0.717) is 12.5 Å². The third-order valence-corrected chi connectivity index (χ3v) is 4.80. The summed E-state index contributed by atoms with van der Waals surface area (Å²) in [6.07, 6.45) is 7.85. The van der Waals surface area contributed by atoms with Crippen LogP contribution in [0.15, 0.2) is 73.4 Å². The van der Waals surface area contributed by atoms with Crippen LogP contribution in [0.25, 0.3) is 28.0 Å². The molecule has 30 heavy (non-hydrogen) atoms. The average Bonchev–Trinajstić information content (AvgIpc) is 3.42. The maximum atomic E-state index is 13.4. The maximum Gasteiger partial charge on any atom is 0.223 e. The third-order valence-electron chi connectivity index (χ3n) is 4.80. The van der Waals surface area contributed by atoms with Gasteiger partial charge >= 0.3 is 0 Å². The Morgan fingerprint density at radius 3 is 2.80 bits per heavy atom. The number of benzene rings is 1. The summed E-state index contributed by atoms with van der Waals surface area (Å²) in [5.74, 6) is 0.252. The molecule has 0 spiro atoms. The van der Waals surface area contributed by atoms with Gasteiger partial charge in [-0.15, -0.1) is 0 Å². The first-order valence-electron chi connectivity index (χ1n) is 9.56. The van der Waals surface area contributed by atoms with Gasteiger partial charge in [-0.25, -0.2) is 23.9 Å². The van der Waals surface area contributed by atoms with E-state index in [1.165, 1.54) is 12.1 Å². The van der Waals surface area contributed by atoms with Crippen LogP contribution >= 0.6 is 0 Å². The van der Waals surface area contributed by atoms with E-state index in [2.05, 4.69) is 20.3 Å². The first-order chi connectivity index (χ1) is 14.8. The van der Waals surface area contributed by atoms with Crippen molar-refractivity contribution in [3.8, 4) is 22.5 Å². The van der Waals surface area contributed by atoms with Crippen molar-refractivity contribution in [2.24, 2.45) is 0 Å². The van der Waals surface area contributed by atoms with Gasteiger partial charge in [-0.05, 0) is 42.5 Å². The number of nitrogens with zero attached hydrogens (tertiary/aromatic N) is 5. The molecule has 8 heteroatoms. The molecule has 0 saturated carbocycles. The van der Waals surface area contributed by atoms with Gasteiger partial charge in [0.05, 0.1) is 23.1 Å². The Morgan fingerprint density at radius 1 is 1.07 bits per heavy atom. The minimum atomic E-state index is -0.283. The second kappa shape index (κ2) is 7.75. The summed E-state index contributed by atoms with van der Waals surface area (Å²) in [4.78, 5) is 16.1. The molecule has 0 aliphatic carbocycles. The fraction of sp³-hybridized carbons (Fsp3) is 0.0909. The Morgan fingerprint density at radius 2 is 1.97 bits per heavy atom. The smallest absolute Gasteiger partial charge is 0.223 e. The first-order valence-corrected chi connectivity index (χ1v) is 9.56. The van der Waals surface area contributed by atoms with Crippen molar-refractivity contribution in [2.45, 2.75) is 6.42 Å². The van der Waals surface area contributed by atoms with Crippen molar-refractivity contribution in [1.29, 1.82) is 0 Å². The normalized spacial score (nSPS) is 11.1. The van der Waals surface area contributed by atoms with Crippen LogP contribution in [0.2, 0.25) is 0 Å². The van der Waals surface area contributed by atoms with Crippen LogP contribution in [0, 0.1) is 5.82 Å². The topological polar surface area (TPSA) is 83.8 Å². The molecule has 4 heterocycles. The van der Waals surface area contributed by atoms with E-state index in [-0.39, 0.29) is 5.82 Å². The molecule has 5 aromatic rings. The standard InChI is InChI=1S/C22H18FN7/c23-16-6-4-15(5-7-16)21-20(19-3-1-2-12-30(19)29-21)18-9-11-26-22(28-18)25-10-8-17-13-24-14-27-17/h1-7,9,11-14H,8,10H2,(H,24,27)(H,25,26,28). The number of hydrogen-bond acceptors (Lipinski definition) is 5. The number of halogens is 1. The molecule has 0 atom stereocenters. The number of H-pyrrole nitrogens is 1. The highest BCUT2D eigenvalue weighted by atomic mass is 19.1. The van der Waals surface area contributed by atoms with Crippen molar-refractivity contribution in [1.82, 2.24) is 29.5 Å². The van der Waals surface area contributed by atoms with Crippen LogP contribution in [-0.4, -0.2) is 36.1 Å². The highest BCUT2D eigenvalue weighted by molar-refractivity contribution is 5.90. The number of nitrogens with one attached hydrogen (secondary N) is 2. The van der Waals surface area contributed by atoms with E-state index in [9.17, 15) is 4.39 Å². The lowest BCUT2D eigenvalue weighted by Crippen LogP contribution is -2.08. The lowest BCUT2D eigenvalue weighted by Gasteiger charge is -2.07. The second-order valence-corrected chi connectivity index (χ2v) is 6.78. The molecule has 0 amide bonds. The van der Waals surface area contributed by atoms with Crippen LogP contribution in [0.1, 0.15) is 5.69 Å². The molecule has 0 aliphatic heterocycles. The molecule has 4 aromatic heterocycles. The van der Waals surface area contributed by atoms with Crippen molar-refractivity contribution in [3.05, 3.63) is 85.0 Å². The predicted molar refractivity (Wildman–Crippen MR) is 112 cm³/mol. The zero-order valence-corrected chi connectivity index (χ0v) is 16.0. The SMILES string of the molecule is Fc1ccc(-c2nn3ccccc3c2-c2ccnc(NCCc3cnc[nH]3)n2)cc1. The number of hydrogen-bond donors (Lipinski definition) is 2. The first kappa shape index (κ1) is 18.0. The number of imidazole rings is 1. The summed E-state index contributed by atoms with van der Waals surface area (Å²) in [7, 11) is 0. The summed E-state index contributed by atoms with van der Waals surface area (Å²) >= 11 is 0. The fourth-order valence-corrected chi connectivity index (χ4v) is 3.37. The number of pyridine rings is 1. The van der Waals surface area contributed by atoms with Crippen LogP contribution < -0.4 is 5.32 Å². The maximum absolute atomic E-state index is 13.4. The Kier molecular flexibility index (Phi) is 4.65. The van der Waals surface area contributed by atoms with Gasteiger partial charge in [0.15, 0.2) is 0 Å². The minimum absolute atomic E-state index is 0.283. The molecular weight excluding hydrogens is 381 g/mol. The van der Waals surface area contributed by atoms with Gasteiger partial charge < -0.3 is 10.3 Å². The molecule has 148 valence electrons. The molecule has 2 N–H and O–H groups in total. The average molecular weight is 399 g/mol. The van der Waals surface area contributed by atoms with Crippen molar-refractivity contribution in [2.75, 3.05) is 11.9 Å². The molecule has 0 radical (unpaired) electrons. The minimum Gasteiger partial charge on any atom is -0.354 e. The lowest BCUT2D eigenvalue weighted by atomic mass is 10.0. The van der Waals surface area contributed by atoms with Crippen molar-refractivity contribution < 1.29 is 4.39 Å². The molecule has 0 aliphatic rings. The van der Waals surface area contributed by atoms with Gasteiger partial charge in [-0.3, -0.25) is 0 Å². The van der Waals surface area contributed by atoms with E-state index in [1.807, 2.05) is 35.0 Å². The highest BCUT2D eigenvalue weighted by Crippen LogP contribution is 2.34. The quantitative estimate of drug-likeness (QED) is 0.451. The van der Waals surface area contributed by atoms with Gasteiger partial charge in [0.2, 0.25) is 5.95 Å². The van der Waals surface area contributed by atoms with E-state index in [0.717, 1.165) is 40.1 Å². The predicted octanol–water partition coefficient (Wildman–Crippen LogP) is 3.98. The van der Waals surface area contributed by atoms with E-state index in [1.54, 1.807) is 30.9 Å². The Balaban J connectivity index is 1.52. The molecule has 0 unspecified atom stereocenters. The Hall–Kier alpha value is -4.07. The summed E-state index contributed by atoms with van der Waals surface area (Å²) in [6, 6.07) is 14.0. The van der Waals surface area contributed by atoms with Gasteiger partial charge in [0, 0.05) is 42.8 Å². The van der Waals surface area contributed by atoms with Gasteiger partial charge in [0.1, 0.15) is 11.5 Å². The number of fused-ring (bicyclic) bond motifs is 1. The molecule has 7 nitrogen and oxygen atoms in total. The second-order valence-electron chi connectivity index (χ2n) is 6.78. The Bertz CT molecular complexity index is 1280. The molecular formula is C22H18FN7. The number of aromatic amines is 1. The van der Waals surface area contributed by atoms with Crippen molar-refractivity contribution in [3.63, 3.8) is 0 Å². The summed E-state index contributed by atoms with van der Waals surface area (Å²) in [5.41, 5.74) is 5.14. The molecule has 0 saturated heterocycles. The lowest BCUT2D eigenvalue weighted by molar-refractivity contribution is 0.628. The summed E-state index contributed by atoms with van der Waals surface area (Å²) in [5, 5.41) is 7.97. The third kappa shape index (κ3) is 3.50. The van der Waals surface area contributed by atoms with Gasteiger partial charge in [0.25, 0.3) is 0 Å². The van der Waals surface area contributed by atoms with Crippen LogP contribution in [-0.2, 0) is 6.42 Å². The number of rotatable bonds is 6. The van der Waals surface area contributed by atoms with E-state index >= 15 is 0 Å². The van der Waals surface area contributed by atoms with Crippen molar-refractivity contribution >= 4 is 11.5 Å². The zero-order valence-electron chi connectivity index (χ0n) is 16.0. The monoisotopic (exact) mass is 399 g/mol. The number of aromatic nitrogens is 6. The highest BCUT2D eigenvalue weighted by Gasteiger charge is 2.18. The molecule has 5 rings (SSSR count). The summed E-state index contributed by atoms with van der Waals surface area (Å²) < 4.78 is 15.2. The number of anilines is 1.